The van der Waals surface area contributed by atoms with Gasteiger partial charge in [0.25, 0.3) is 6.43 Å². The first-order valence-corrected chi connectivity index (χ1v) is 9.77. The van der Waals surface area contributed by atoms with Crippen molar-refractivity contribution in [3.8, 4) is 5.75 Å². The van der Waals surface area contributed by atoms with Crippen LogP contribution in [-0.4, -0.2) is 57.1 Å². The number of anilines is 1. The molecule has 1 aliphatic rings. The number of halogens is 2. The summed E-state index contributed by atoms with van der Waals surface area (Å²) >= 11 is 1.76. The molecule has 8 heteroatoms. The molecule has 2 heterocycles. The van der Waals surface area contributed by atoms with Crippen molar-refractivity contribution in [3.05, 3.63) is 47.3 Å². The van der Waals surface area contributed by atoms with E-state index < -0.39 is 13.0 Å². The largest absolute Gasteiger partial charge is 0.488 e. The van der Waals surface area contributed by atoms with E-state index in [1.165, 1.54) is 5.00 Å². The van der Waals surface area contributed by atoms with Crippen LogP contribution in [0.2, 0.25) is 0 Å². The van der Waals surface area contributed by atoms with Crippen LogP contribution in [-0.2, 0) is 6.54 Å². The number of rotatable bonds is 6. The zero-order valence-corrected chi connectivity index (χ0v) is 16.1. The molecule has 0 bridgehead atoms. The van der Waals surface area contributed by atoms with Crippen molar-refractivity contribution in [3.63, 3.8) is 0 Å². The maximum atomic E-state index is 12.3. The minimum absolute atomic E-state index is 0.453. The van der Waals surface area contributed by atoms with Crippen LogP contribution in [0, 0.1) is 0 Å². The lowest BCUT2D eigenvalue weighted by Gasteiger charge is -2.37. The Kier molecular flexibility index (Phi) is 6.86. The van der Waals surface area contributed by atoms with Gasteiger partial charge in [-0.2, -0.15) is 0 Å². The van der Waals surface area contributed by atoms with E-state index in [9.17, 15) is 8.78 Å². The second-order valence-corrected chi connectivity index (χ2v) is 7.10. The molecule has 1 fully saturated rings. The summed E-state index contributed by atoms with van der Waals surface area (Å²) in [6, 6.07) is 11.4. The fourth-order valence-electron chi connectivity index (χ4n) is 3.01. The van der Waals surface area contributed by atoms with Gasteiger partial charge in [0.05, 0.1) is 5.00 Å². The molecule has 3 rings (SSSR count). The highest BCUT2D eigenvalue weighted by Crippen LogP contribution is 2.22. The van der Waals surface area contributed by atoms with Crippen molar-refractivity contribution >= 4 is 22.3 Å². The van der Waals surface area contributed by atoms with Crippen LogP contribution < -0.4 is 15.0 Å². The van der Waals surface area contributed by atoms with Crippen LogP contribution in [0.3, 0.4) is 0 Å². The molecule has 1 saturated heterocycles. The first-order chi connectivity index (χ1) is 13.2. The SMILES string of the molecule is CN=C(NCc1cccc(OCC(F)F)c1)N1CCN(c2cccs2)CC1. The molecule has 146 valence electrons. The maximum absolute atomic E-state index is 12.3. The minimum atomic E-state index is -2.47. The molecule has 1 aromatic carbocycles. The van der Waals surface area contributed by atoms with Crippen molar-refractivity contribution in [2.75, 3.05) is 44.7 Å². The summed E-state index contributed by atoms with van der Waals surface area (Å²) in [7, 11) is 1.77. The van der Waals surface area contributed by atoms with Gasteiger partial charge in [-0.05, 0) is 35.2 Å². The monoisotopic (exact) mass is 394 g/mol. The Bertz CT molecular complexity index is 731. The third-order valence-corrected chi connectivity index (χ3v) is 5.26. The fourth-order valence-corrected chi connectivity index (χ4v) is 3.79. The number of guanidine groups is 1. The maximum Gasteiger partial charge on any atom is 0.272 e. The van der Waals surface area contributed by atoms with Gasteiger partial charge in [0.2, 0.25) is 0 Å². The summed E-state index contributed by atoms with van der Waals surface area (Å²) in [4.78, 5) is 9.01. The zero-order valence-electron chi connectivity index (χ0n) is 15.3. The third kappa shape index (κ3) is 5.56. The molecular formula is C19H24F2N4OS. The van der Waals surface area contributed by atoms with Gasteiger partial charge in [-0.3, -0.25) is 4.99 Å². The van der Waals surface area contributed by atoms with Gasteiger partial charge in [-0.15, -0.1) is 11.3 Å². The number of nitrogens with zero attached hydrogens (tertiary/aromatic N) is 3. The van der Waals surface area contributed by atoms with Gasteiger partial charge in [-0.25, -0.2) is 8.78 Å². The van der Waals surface area contributed by atoms with Crippen LogP contribution in [0.1, 0.15) is 5.56 Å². The first-order valence-electron chi connectivity index (χ1n) is 8.89. The normalized spacial score (nSPS) is 15.3. The van der Waals surface area contributed by atoms with Crippen molar-refractivity contribution in [1.82, 2.24) is 10.2 Å². The topological polar surface area (TPSA) is 40.1 Å². The standard InChI is InChI=1S/C19H24F2N4OS/c1-22-19(25-9-7-24(8-10-25)18-6-3-11-27-18)23-13-15-4-2-5-16(12-15)26-14-17(20)21/h2-6,11-12,17H,7-10,13-14H2,1H3,(H,22,23). The number of hydrogen-bond acceptors (Lipinski definition) is 4. The summed E-state index contributed by atoms with van der Waals surface area (Å²) in [5.41, 5.74) is 0.958. The van der Waals surface area contributed by atoms with E-state index in [1.54, 1.807) is 36.6 Å². The van der Waals surface area contributed by atoms with E-state index >= 15 is 0 Å². The quantitative estimate of drug-likeness (QED) is 0.603. The molecule has 1 aromatic heterocycles. The highest BCUT2D eigenvalue weighted by Gasteiger charge is 2.20. The molecule has 2 aromatic rings. The summed E-state index contributed by atoms with van der Waals surface area (Å²) in [5.74, 6) is 1.30. The van der Waals surface area contributed by atoms with Crippen molar-refractivity contribution in [2.45, 2.75) is 13.0 Å². The van der Waals surface area contributed by atoms with E-state index in [1.807, 2.05) is 6.07 Å². The Hall–Kier alpha value is -2.35. The van der Waals surface area contributed by atoms with Crippen molar-refractivity contribution in [2.24, 2.45) is 4.99 Å². The second-order valence-electron chi connectivity index (χ2n) is 6.18. The van der Waals surface area contributed by atoms with Crippen molar-refractivity contribution in [1.29, 1.82) is 0 Å². The molecule has 0 aliphatic carbocycles. The van der Waals surface area contributed by atoms with Gasteiger partial charge in [0.15, 0.2) is 5.96 Å². The Morgan fingerprint density at radius 1 is 1.22 bits per heavy atom. The molecule has 0 unspecified atom stereocenters. The third-order valence-electron chi connectivity index (χ3n) is 4.33. The van der Waals surface area contributed by atoms with Gasteiger partial charge in [-0.1, -0.05) is 12.1 Å². The molecule has 0 amide bonds. The van der Waals surface area contributed by atoms with Crippen LogP contribution in [0.15, 0.2) is 46.8 Å². The van der Waals surface area contributed by atoms with E-state index in [0.29, 0.717) is 12.3 Å². The van der Waals surface area contributed by atoms with Crippen LogP contribution in [0.4, 0.5) is 13.8 Å². The van der Waals surface area contributed by atoms with Gasteiger partial charge in [0.1, 0.15) is 12.4 Å². The zero-order chi connectivity index (χ0) is 19.1. The van der Waals surface area contributed by atoms with Gasteiger partial charge >= 0.3 is 0 Å². The van der Waals surface area contributed by atoms with E-state index in [-0.39, 0.29) is 0 Å². The molecule has 1 N–H and O–H groups in total. The highest BCUT2D eigenvalue weighted by molar-refractivity contribution is 7.14. The second kappa shape index (κ2) is 9.55. The Morgan fingerprint density at radius 2 is 2.04 bits per heavy atom. The summed E-state index contributed by atoms with van der Waals surface area (Å²) in [6.45, 7) is 3.68. The fraction of sp³-hybridized carbons (Fsp3) is 0.421. The first kappa shape index (κ1) is 19.4. The lowest BCUT2D eigenvalue weighted by molar-refractivity contribution is 0.0818. The predicted octanol–water partition coefficient (Wildman–Crippen LogP) is 3.29. The Morgan fingerprint density at radius 3 is 2.70 bits per heavy atom. The van der Waals surface area contributed by atoms with E-state index in [4.69, 9.17) is 4.74 Å². The average Bonchev–Trinajstić information content (AvgIpc) is 3.22. The predicted molar refractivity (Wildman–Crippen MR) is 106 cm³/mol. The number of aliphatic imine (C=N–C) groups is 1. The summed E-state index contributed by atoms with van der Waals surface area (Å²) < 4.78 is 29.6. The van der Waals surface area contributed by atoms with E-state index in [2.05, 4.69) is 37.6 Å². The highest BCUT2D eigenvalue weighted by atomic mass is 32.1. The smallest absolute Gasteiger partial charge is 0.272 e. The summed E-state index contributed by atoms with van der Waals surface area (Å²) in [6.07, 6.45) is -2.47. The van der Waals surface area contributed by atoms with Crippen LogP contribution >= 0.6 is 11.3 Å². The molecule has 0 radical (unpaired) electrons. The Labute approximate surface area is 162 Å². The molecular weight excluding hydrogens is 370 g/mol. The van der Waals surface area contributed by atoms with Gasteiger partial charge in [0, 0.05) is 39.8 Å². The number of thiophene rings is 1. The molecule has 0 atom stereocenters. The lowest BCUT2D eigenvalue weighted by Crippen LogP contribution is -2.52. The number of piperazine rings is 1. The molecule has 1 aliphatic heterocycles. The number of ether oxygens (including phenoxy) is 1. The number of nitrogens with one attached hydrogen (secondary N) is 1. The number of hydrogen-bond donors (Lipinski definition) is 1. The number of alkyl halides is 2. The van der Waals surface area contributed by atoms with Crippen LogP contribution in [0.5, 0.6) is 5.75 Å². The number of benzene rings is 1. The van der Waals surface area contributed by atoms with Crippen molar-refractivity contribution < 1.29 is 13.5 Å². The molecule has 0 saturated carbocycles. The van der Waals surface area contributed by atoms with Crippen LogP contribution in [0.25, 0.3) is 0 Å². The average molecular weight is 394 g/mol. The molecule has 27 heavy (non-hydrogen) atoms. The van der Waals surface area contributed by atoms with E-state index in [0.717, 1.165) is 37.7 Å². The molecule has 0 spiro atoms. The Balaban J connectivity index is 1.50. The lowest BCUT2D eigenvalue weighted by atomic mass is 10.2. The minimum Gasteiger partial charge on any atom is -0.488 e. The summed E-state index contributed by atoms with van der Waals surface area (Å²) in [5, 5.41) is 6.76. The van der Waals surface area contributed by atoms with Gasteiger partial charge < -0.3 is 19.9 Å². The molecule has 5 nitrogen and oxygen atoms in total.